The van der Waals surface area contributed by atoms with Gasteiger partial charge in [-0.3, -0.25) is 4.79 Å². The molecule has 0 bridgehead atoms. The van der Waals surface area contributed by atoms with E-state index in [1.54, 1.807) is 7.05 Å². The van der Waals surface area contributed by atoms with Crippen LogP contribution in [-0.2, 0) is 21.7 Å². The Morgan fingerprint density at radius 1 is 1.35 bits per heavy atom. The Balaban J connectivity index is 1.94. The highest BCUT2D eigenvalue weighted by Crippen LogP contribution is 2.39. The van der Waals surface area contributed by atoms with Crippen molar-refractivity contribution in [2.75, 3.05) is 5.75 Å². The Bertz CT molecular complexity index is 650. The summed E-state index contributed by atoms with van der Waals surface area (Å²) in [7, 11) is -2.12. The lowest BCUT2D eigenvalue weighted by atomic mass is 10.1. The van der Waals surface area contributed by atoms with Crippen LogP contribution in [0.15, 0.2) is 5.16 Å². The van der Waals surface area contributed by atoms with E-state index < -0.39 is 21.5 Å². The summed E-state index contributed by atoms with van der Waals surface area (Å²) in [5, 5.41) is 10.4. The minimum atomic E-state index is -3.77. The van der Waals surface area contributed by atoms with Gasteiger partial charge in [-0.2, -0.15) is 0 Å². The maximum Gasteiger partial charge on any atom is 0.250 e. The van der Waals surface area contributed by atoms with E-state index in [-0.39, 0.29) is 11.2 Å². The first-order valence-electron chi connectivity index (χ1n) is 8.26. The van der Waals surface area contributed by atoms with Crippen molar-refractivity contribution < 1.29 is 13.2 Å². The van der Waals surface area contributed by atoms with Crippen LogP contribution >= 0.6 is 0 Å². The maximum atomic E-state index is 12.4. The molecule has 1 aromatic heterocycles. The molecule has 8 heteroatoms. The molecule has 1 heterocycles. The van der Waals surface area contributed by atoms with Crippen LogP contribution in [0.5, 0.6) is 0 Å². The quantitative estimate of drug-likeness (QED) is 0.687. The molecule has 1 N–H and O–H groups in total. The molecule has 0 aromatic carbocycles. The van der Waals surface area contributed by atoms with Crippen molar-refractivity contribution in [2.24, 2.45) is 7.05 Å². The van der Waals surface area contributed by atoms with E-state index in [1.807, 2.05) is 6.92 Å². The SMILES string of the molecule is CCCCCC(C)NC(=O)CS(=O)(=O)c1nnc(C2CC2)n1C. The summed E-state index contributed by atoms with van der Waals surface area (Å²) in [4.78, 5) is 12.0. The van der Waals surface area contributed by atoms with Gasteiger partial charge in [0.05, 0.1) is 0 Å². The number of hydrogen-bond acceptors (Lipinski definition) is 5. The van der Waals surface area contributed by atoms with Gasteiger partial charge < -0.3 is 9.88 Å². The topological polar surface area (TPSA) is 93.9 Å². The number of nitrogens with one attached hydrogen (secondary N) is 1. The molecule has 1 fully saturated rings. The summed E-state index contributed by atoms with van der Waals surface area (Å²) < 4.78 is 26.3. The van der Waals surface area contributed by atoms with E-state index in [2.05, 4.69) is 22.4 Å². The molecule has 7 nitrogen and oxygen atoms in total. The molecular formula is C15H26N4O3S. The Kier molecular flexibility index (Phi) is 5.78. The van der Waals surface area contributed by atoms with Gasteiger partial charge in [0.1, 0.15) is 11.6 Å². The normalized spacial score (nSPS) is 16.3. The number of nitrogens with zero attached hydrogens (tertiary/aromatic N) is 3. The summed E-state index contributed by atoms with van der Waals surface area (Å²) in [5.41, 5.74) is 0. The lowest BCUT2D eigenvalue weighted by Crippen LogP contribution is -2.37. The van der Waals surface area contributed by atoms with E-state index in [9.17, 15) is 13.2 Å². The van der Waals surface area contributed by atoms with Crippen molar-refractivity contribution in [3.8, 4) is 0 Å². The van der Waals surface area contributed by atoms with E-state index in [0.717, 1.165) is 38.5 Å². The van der Waals surface area contributed by atoms with Crippen molar-refractivity contribution in [1.82, 2.24) is 20.1 Å². The summed E-state index contributed by atoms with van der Waals surface area (Å²) in [5.74, 6) is -0.0624. The third kappa shape index (κ3) is 4.76. The molecule has 0 spiro atoms. The van der Waals surface area contributed by atoms with Crippen LogP contribution in [0.1, 0.15) is 64.1 Å². The van der Waals surface area contributed by atoms with Gasteiger partial charge in [0.2, 0.25) is 20.9 Å². The molecule has 1 unspecified atom stereocenters. The van der Waals surface area contributed by atoms with E-state index in [4.69, 9.17) is 0 Å². The number of carbonyl (C=O) groups is 1. The second-order valence-corrected chi connectivity index (χ2v) is 8.28. The number of hydrogen-bond donors (Lipinski definition) is 1. The second kappa shape index (κ2) is 7.42. The van der Waals surface area contributed by atoms with Gasteiger partial charge in [-0.05, 0) is 26.2 Å². The average Bonchev–Trinajstić information content (AvgIpc) is 3.20. The van der Waals surface area contributed by atoms with E-state index >= 15 is 0 Å². The average molecular weight is 342 g/mol. The molecule has 1 aliphatic carbocycles. The molecule has 1 atom stereocenters. The van der Waals surface area contributed by atoms with E-state index in [0.29, 0.717) is 11.7 Å². The molecule has 1 amide bonds. The number of unbranched alkanes of at least 4 members (excludes halogenated alkanes) is 2. The van der Waals surface area contributed by atoms with Crippen molar-refractivity contribution in [3.05, 3.63) is 5.82 Å². The van der Waals surface area contributed by atoms with Gasteiger partial charge in [0, 0.05) is 19.0 Å². The van der Waals surface area contributed by atoms with Crippen molar-refractivity contribution in [2.45, 2.75) is 69.5 Å². The smallest absolute Gasteiger partial charge is 0.250 e. The third-order valence-corrected chi connectivity index (χ3v) is 5.61. The fourth-order valence-electron chi connectivity index (χ4n) is 2.62. The Morgan fingerprint density at radius 2 is 2.04 bits per heavy atom. The Hall–Kier alpha value is -1.44. The predicted octanol–water partition coefficient (Wildman–Crippen LogP) is 1.55. The minimum Gasteiger partial charge on any atom is -0.353 e. The van der Waals surface area contributed by atoms with Crippen LogP contribution in [0.4, 0.5) is 0 Å². The van der Waals surface area contributed by atoms with Gasteiger partial charge in [-0.1, -0.05) is 26.2 Å². The predicted molar refractivity (Wildman–Crippen MR) is 86.8 cm³/mol. The van der Waals surface area contributed by atoms with Crippen LogP contribution in [0.25, 0.3) is 0 Å². The van der Waals surface area contributed by atoms with Crippen LogP contribution < -0.4 is 5.32 Å². The lowest BCUT2D eigenvalue weighted by Gasteiger charge is -2.13. The largest absolute Gasteiger partial charge is 0.353 e. The second-order valence-electron chi connectivity index (χ2n) is 6.40. The fourth-order valence-corrected chi connectivity index (χ4v) is 3.85. The van der Waals surface area contributed by atoms with Crippen molar-refractivity contribution in [1.29, 1.82) is 0 Å². The standard InChI is InChI=1S/C15H26N4O3S/c1-4-5-6-7-11(2)16-13(20)10-23(21,22)15-18-17-14(19(15)3)12-8-9-12/h11-12H,4-10H2,1-3H3,(H,16,20). The zero-order valence-corrected chi connectivity index (χ0v) is 14.9. The zero-order chi connectivity index (χ0) is 17.0. The number of carbonyl (C=O) groups excluding carboxylic acids is 1. The van der Waals surface area contributed by atoms with Crippen LogP contribution in [-0.4, -0.2) is 40.9 Å². The first kappa shape index (κ1) is 17.9. The first-order chi connectivity index (χ1) is 10.8. The van der Waals surface area contributed by atoms with Gasteiger partial charge >= 0.3 is 0 Å². The van der Waals surface area contributed by atoms with Crippen LogP contribution in [0, 0.1) is 0 Å². The molecule has 0 saturated heterocycles. The lowest BCUT2D eigenvalue weighted by molar-refractivity contribution is -0.119. The van der Waals surface area contributed by atoms with E-state index in [1.165, 1.54) is 4.57 Å². The third-order valence-electron chi connectivity index (χ3n) is 4.06. The molecule has 0 radical (unpaired) electrons. The van der Waals surface area contributed by atoms with Crippen molar-refractivity contribution >= 4 is 15.7 Å². The number of amides is 1. The van der Waals surface area contributed by atoms with Crippen LogP contribution in [0.3, 0.4) is 0 Å². The van der Waals surface area contributed by atoms with Crippen molar-refractivity contribution in [3.63, 3.8) is 0 Å². The Morgan fingerprint density at radius 3 is 2.65 bits per heavy atom. The number of sulfone groups is 1. The molecule has 1 aliphatic rings. The molecule has 1 saturated carbocycles. The summed E-state index contributed by atoms with van der Waals surface area (Å²) >= 11 is 0. The van der Waals surface area contributed by atoms with Gasteiger partial charge in [0.15, 0.2) is 0 Å². The summed E-state index contributed by atoms with van der Waals surface area (Å²) in [6.07, 6.45) is 6.14. The summed E-state index contributed by atoms with van der Waals surface area (Å²) in [6, 6.07) is -0.0224. The molecule has 0 aliphatic heterocycles. The highest BCUT2D eigenvalue weighted by atomic mass is 32.2. The molecule has 23 heavy (non-hydrogen) atoms. The van der Waals surface area contributed by atoms with Gasteiger partial charge in [0.25, 0.3) is 0 Å². The van der Waals surface area contributed by atoms with Crippen LogP contribution in [0.2, 0.25) is 0 Å². The van der Waals surface area contributed by atoms with Gasteiger partial charge in [-0.15, -0.1) is 10.2 Å². The Labute approximate surface area is 137 Å². The summed E-state index contributed by atoms with van der Waals surface area (Å²) in [6.45, 7) is 4.01. The first-order valence-corrected chi connectivity index (χ1v) is 9.91. The zero-order valence-electron chi connectivity index (χ0n) is 14.1. The molecule has 130 valence electrons. The highest BCUT2D eigenvalue weighted by molar-refractivity contribution is 7.91. The number of rotatable bonds is 9. The molecular weight excluding hydrogens is 316 g/mol. The van der Waals surface area contributed by atoms with Gasteiger partial charge in [-0.25, -0.2) is 8.42 Å². The monoisotopic (exact) mass is 342 g/mol. The maximum absolute atomic E-state index is 12.4. The fraction of sp³-hybridized carbons (Fsp3) is 0.800. The minimum absolute atomic E-state index is 0.0224. The highest BCUT2D eigenvalue weighted by Gasteiger charge is 2.33. The number of aromatic nitrogens is 3. The molecule has 2 rings (SSSR count). The molecule has 1 aromatic rings.